The lowest BCUT2D eigenvalue weighted by molar-refractivity contribution is -0.115. The van der Waals surface area contributed by atoms with Crippen LogP contribution >= 0.6 is 11.6 Å². The van der Waals surface area contributed by atoms with E-state index < -0.39 is 0 Å². The van der Waals surface area contributed by atoms with Crippen molar-refractivity contribution in [3.05, 3.63) is 58.6 Å². The van der Waals surface area contributed by atoms with Gasteiger partial charge in [-0.1, -0.05) is 48.9 Å². The van der Waals surface area contributed by atoms with Crippen molar-refractivity contribution in [1.29, 1.82) is 0 Å². The number of benzene rings is 2. The molecule has 1 aliphatic heterocycles. The van der Waals surface area contributed by atoms with E-state index in [0.717, 1.165) is 23.5 Å². The third-order valence-electron chi connectivity index (χ3n) is 3.79. The molecule has 0 fully saturated rings. The summed E-state index contributed by atoms with van der Waals surface area (Å²) in [4.78, 5) is 11.4. The minimum atomic E-state index is 0.0240. The van der Waals surface area contributed by atoms with Gasteiger partial charge in [0.15, 0.2) is 0 Å². The second kappa shape index (κ2) is 5.78. The zero-order chi connectivity index (χ0) is 14.8. The van der Waals surface area contributed by atoms with Gasteiger partial charge in [0.05, 0.1) is 17.1 Å². The number of fused-ring (bicyclic) bond motifs is 1. The molecule has 0 saturated heterocycles. The first-order valence-electron chi connectivity index (χ1n) is 7.04. The van der Waals surface area contributed by atoms with Crippen molar-refractivity contribution >= 4 is 28.9 Å². The number of carbonyl (C=O) groups excluding carboxylic acids is 1. The maximum absolute atomic E-state index is 11.4. The van der Waals surface area contributed by atoms with E-state index in [1.807, 2.05) is 30.3 Å². The largest absolute Gasteiger partial charge is 0.383 e. The molecule has 108 valence electrons. The average molecular weight is 301 g/mol. The van der Waals surface area contributed by atoms with E-state index in [9.17, 15) is 4.79 Å². The fraction of sp³-hybridized carbons (Fsp3) is 0.235. The molecule has 1 unspecified atom stereocenters. The Morgan fingerprint density at radius 1 is 1.29 bits per heavy atom. The summed E-state index contributed by atoms with van der Waals surface area (Å²) in [6, 6.07) is 14.1. The van der Waals surface area contributed by atoms with Crippen LogP contribution in [0, 0.1) is 0 Å². The Kier molecular flexibility index (Phi) is 3.84. The van der Waals surface area contributed by atoms with Crippen LogP contribution in [0.5, 0.6) is 0 Å². The van der Waals surface area contributed by atoms with Gasteiger partial charge in [-0.3, -0.25) is 4.79 Å². The van der Waals surface area contributed by atoms with Crippen LogP contribution in [0.4, 0.5) is 11.4 Å². The lowest BCUT2D eigenvalue weighted by Gasteiger charge is -2.15. The molecule has 3 nitrogen and oxygen atoms in total. The summed E-state index contributed by atoms with van der Waals surface area (Å²) in [5.74, 6) is 0.408. The molecule has 0 aliphatic carbocycles. The molecule has 0 aromatic heterocycles. The van der Waals surface area contributed by atoms with Gasteiger partial charge >= 0.3 is 0 Å². The number of halogens is 1. The van der Waals surface area contributed by atoms with Crippen LogP contribution in [-0.4, -0.2) is 12.5 Å². The van der Waals surface area contributed by atoms with Crippen molar-refractivity contribution in [1.82, 2.24) is 0 Å². The summed E-state index contributed by atoms with van der Waals surface area (Å²) in [5.41, 5.74) is 4.00. The van der Waals surface area contributed by atoms with Crippen LogP contribution in [0.2, 0.25) is 5.02 Å². The average Bonchev–Trinajstić information content (AvgIpc) is 2.84. The quantitative estimate of drug-likeness (QED) is 0.894. The van der Waals surface area contributed by atoms with Crippen LogP contribution in [0.25, 0.3) is 0 Å². The number of nitrogens with one attached hydrogen (secondary N) is 2. The van der Waals surface area contributed by atoms with E-state index in [0.29, 0.717) is 17.4 Å². The molecule has 4 heteroatoms. The molecule has 1 amide bonds. The number of rotatable bonds is 4. The van der Waals surface area contributed by atoms with Crippen molar-refractivity contribution in [2.45, 2.75) is 19.3 Å². The number of hydrogen-bond donors (Lipinski definition) is 2. The molecule has 1 aliphatic rings. The monoisotopic (exact) mass is 300 g/mol. The molecular weight excluding hydrogens is 284 g/mol. The maximum Gasteiger partial charge on any atom is 0.228 e. The first-order valence-corrected chi connectivity index (χ1v) is 7.42. The third kappa shape index (κ3) is 3.03. The Bertz CT molecular complexity index is 670. The van der Waals surface area contributed by atoms with Crippen molar-refractivity contribution in [2.75, 3.05) is 17.2 Å². The van der Waals surface area contributed by atoms with Crippen molar-refractivity contribution in [3.63, 3.8) is 0 Å². The Morgan fingerprint density at radius 3 is 2.81 bits per heavy atom. The molecule has 0 saturated carbocycles. The van der Waals surface area contributed by atoms with Crippen LogP contribution in [0.15, 0.2) is 42.5 Å². The van der Waals surface area contributed by atoms with Gasteiger partial charge in [-0.25, -0.2) is 0 Å². The predicted octanol–water partition coefficient (Wildman–Crippen LogP) is 4.05. The normalized spacial score (nSPS) is 14.5. The Morgan fingerprint density at radius 2 is 2.05 bits per heavy atom. The van der Waals surface area contributed by atoms with Crippen LogP contribution in [0.1, 0.15) is 24.0 Å². The number of hydrogen-bond acceptors (Lipinski definition) is 2. The summed E-state index contributed by atoms with van der Waals surface area (Å²) < 4.78 is 0. The molecule has 2 aromatic carbocycles. The number of carbonyl (C=O) groups is 1. The summed E-state index contributed by atoms with van der Waals surface area (Å²) >= 11 is 6.27. The van der Waals surface area contributed by atoms with Crippen molar-refractivity contribution in [2.24, 2.45) is 0 Å². The molecule has 21 heavy (non-hydrogen) atoms. The van der Waals surface area contributed by atoms with Crippen molar-refractivity contribution < 1.29 is 4.79 Å². The molecule has 0 bridgehead atoms. The predicted molar refractivity (Wildman–Crippen MR) is 87.1 cm³/mol. The van der Waals surface area contributed by atoms with Crippen LogP contribution < -0.4 is 10.6 Å². The molecule has 2 N–H and O–H groups in total. The van der Waals surface area contributed by atoms with E-state index in [1.54, 1.807) is 0 Å². The Balaban J connectivity index is 1.71. The fourth-order valence-corrected chi connectivity index (χ4v) is 2.78. The first-order chi connectivity index (χ1) is 10.1. The molecule has 1 atom stereocenters. The zero-order valence-corrected chi connectivity index (χ0v) is 12.6. The lowest BCUT2D eigenvalue weighted by Crippen LogP contribution is -2.10. The molecular formula is C17H17ClN2O. The highest BCUT2D eigenvalue weighted by atomic mass is 35.5. The zero-order valence-electron chi connectivity index (χ0n) is 11.8. The topological polar surface area (TPSA) is 41.1 Å². The fourth-order valence-electron chi connectivity index (χ4n) is 2.55. The molecule has 0 spiro atoms. The maximum atomic E-state index is 11.4. The minimum absolute atomic E-state index is 0.0240. The van der Waals surface area contributed by atoms with E-state index in [-0.39, 0.29) is 5.91 Å². The standard InChI is InChI=1S/C17H17ClN2O/c1-11(12-5-3-2-4-6-12)10-19-16-7-13-8-17(21)20-15(13)9-14(16)18/h2-7,9,11,19H,8,10H2,1H3,(H,20,21). The van der Waals surface area contributed by atoms with E-state index in [4.69, 9.17) is 11.6 Å². The summed E-state index contributed by atoms with van der Waals surface area (Å²) in [7, 11) is 0. The highest BCUT2D eigenvalue weighted by molar-refractivity contribution is 6.33. The Hall–Kier alpha value is -2.00. The Labute approximate surface area is 129 Å². The highest BCUT2D eigenvalue weighted by Gasteiger charge is 2.19. The molecule has 1 heterocycles. The van der Waals surface area contributed by atoms with Gasteiger partial charge in [-0.15, -0.1) is 0 Å². The molecule has 2 aromatic rings. The highest BCUT2D eigenvalue weighted by Crippen LogP contribution is 2.33. The van der Waals surface area contributed by atoms with Gasteiger partial charge in [-0.05, 0) is 29.2 Å². The summed E-state index contributed by atoms with van der Waals surface area (Å²) in [6.07, 6.45) is 0.426. The third-order valence-corrected chi connectivity index (χ3v) is 4.10. The van der Waals surface area contributed by atoms with Crippen LogP contribution in [0.3, 0.4) is 0 Å². The first kappa shape index (κ1) is 14.0. The molecule has 3 rings (SSSR count). The second-order valence-electron chi connectivity index (χ2n) is 5.41. The van der Waals surface area contributed by atoms with Gasteiger partial charge in [0.2, 0.25) is 5.91 Å². The van der Waals surface area contributed by atoms with E-state index in [1.165, 1.54) is 5.56 Å². The summed E-state index contributed by atoms with van der Waals surface area (Å²) in [6.45, 7) is 2.97. The van der Waals surface area contributed by atoms with Gasteiger partial charge in [0, 0.05) is 12.2 Å². The number of anilines is 2. The van der Waals surface area contributed by atoms with Crippen molar-refractivity contribution in [3.8, 4) is 0 Å². The smallest absolute Gasteiger partial charge is 0.228 e. The van der Waals surface area contributed by atoms with Gasteiger partial charge in [-0.2, -0.15) is 0 Å². The van der Waals surface area contributed by atoms with Crippen LogP contribution in [-0.2, 0) is 11.2 Å². The SMILES string of the molecule is CC(CNc1cc2c(cc1Cl)NC(=O)C2)c1ccccc1. The lowest BCUT2D eigenvalue weighted by atomic mass is 10.0. The minimum Gasteiger partial charge on any atom is -0.383 e. The van der Waals surface area contributed by atoms with Gasteiger partial charge in [0.25, 0.3) is 0 Å². The van der Waals surface area contributed by atoms with E-state index in [2.05, 4.69) is 29.7 Å². The van der Waals surface area contributed by atoms with E-state index >= 15 is 0 Å². The summed E-state index contributed by atoms with van der Waals surface area (Å²) in [5, 5.41) is 6.83. The van der Waals surface area contributed by atoms with Gasteiger partial charge < -0.3 is 10.6 Å². The second-order valence-corrected chi connectivity index (χ2v) is 5.81. The van der Waals surface area contributed by atoms with Gasteiger partial charge in [0.1, 0.15) is 0 Å². The molecule has 0 radical (unpaired) electrons. The number of amides is 1.